The summed E-state index contributed by atoms with van der Waals surface area (Å²) >= 11 is 6.14. The smallest absolute Gasteiger partial charge is 0.181 e. The molecule has 1 fully saturated rings. The number of imidazole rings is 1. The lowest BCUT2D eigenvalue weighted by Gasteiger charge is -2.37. The normalized spacial score (nSPS) is 16.2. The van der Waals surface area contributed by atoms with Crippen LogP contribution in [-0.4, -0.2) is 39.0 Å². The molecule has 1 saturated heterocycles. The first kappa shape index (κ1) is 20.9. The first-order valence-electron chi connectivity index (χ1n) is 10.6. The van der Waals surface area contributed by atoms with Gasteiger partial charge in [0.15, 0.2) is 5.78 Å². The van der Waals surface area contributed by atoms with Crippen molar-refractivity contribution in [2.45, 2.75) is 51.6 Å². The van der Waals surface area contributed by atoms with Crippen molar-refractivity contribution in [3.05, 3.63) is 64.6 Å². The van der Waals surface area contributed by atoms with Crippen LogP contribution in [0.5, 0.6) is 0 Å². The third-order valence-electron chi connectivity index (χ3n) is 6.04. The van der Waals surface area contributed by atoms with Gasteiger partial charge < -0.3 is 10.0 Å². The highest BCUT2D eigenvalue weighted by atomic mass is 35.5. The van der Waals surface area contributed by atoms with Gasteiger partial charge in [0, 0.05) is 31.4 Å². The first-order chi connectivity index (χ1) is 14.4. The average molecular weight is 426 g/mol. The molecule has 30 heavy (non-hydrogen) atoms. The predicted molar refractivity (Wildman–Crippen MR) is 121 cm³/mol. The van der Waals surface area contributed by atoms with Crippen molar-refractivity contribution in [3.63, 3.8) is 0 Å². The fourth-order valence-electron chi connectivity index (χ4n) is 4.11. The van der Waals surface area contributed by atoms with Crippen molar-refractivity contribution >= 4 is 28.7 Å². The van der Waals surface area contributed by atoms with Crippen molar-refractivity contribution in [3.8, 4) is 0 Å². The zero-order valence-electron chi connectivity index (χ0n) is 17.6. The zero-order valence-corrected chi connectivity index (χ0v) is 18.3. The second-order valence-electron chi connectivity index (χ2n) is 8.41. The number of hydrogen-bond acceptors (Lipinski definition) is 4. The van der Waals surface area contributed by atoms with E-state index in [0.29, 0.717) is 30.0 Å². The molecule has 3 aromatic rings. The van der Waals surface area contributed by atoms with Gasteiger partial charge in [-0.15, -0.1) is 0 Å². The van der Waals surface area contributed by atoms with Crippen LogP contribution in [-0.2, 0) is 12.8 Å². The van der Waals surface area contributed by atoms with Gasteiger partial charge in [0.2, 0.25) is 0 Å². The molecule has 0 atom stereocenters. The molecule has 1 aromatic carbocycles. The Morgan fingerprint density at radius 3 is 2.53 bits per heavy atom. The van der Waals surface area contributed by atoms with Crippen molar-refractivity contribution in [1.82, 2.24) is 9.38 Å². The first-order valence-corrected chi connectivity index (χ1v) is 11.0. The molecule has 0 bridgehead atoms. The third-order valence-corrected chi connectivity index (χ3v) is 6.26. The summed E-state index contributed by atoms with van der Waals surface area (Å²) in [6.45, 7) is 5.65. The van der Waals surface area contributed by atoms with Gasteiger partial charge >= 0.3 is 0 Å². The number of aryl methyl sites for hydroxylation is 2. The van der Waals surface area contributed by atoms with E-state index in [-0.39, 0.29) is 5.78 Å². The van der Waals surface area contributed by atoms with E-state index in [0.717, 1.165) is 42.8 Å². The zero-order chi connectivity index (χ0) is 21.3. The number of hydrogen-bond donors (Lipinski definition) is 1. The van der Waals surface area contributed by atoms with Gasteiger partial charge in [0.1, 0.15) is 11.3 Å². The Bertz CT molecular complexity index is 1050. The van der Waals surface area contributed by atoms with E-state index in [1.165, 1.54) is 5.69 Å². The maximum absolute atomic E-state index is 13.0. The maximum atomic E-state index is 13.0. The summed E-state index contributed by atoms with van der Waals surface area (Å²) in [5.74, 6) is 0.0870. The molecule has 0 saturated carbocycles. The fourth-order valence-corrected chi connectivity index (χ4v) is 4.27. The van der Waals surface area contributed by atoms with Crippen LogP contribution in [0.2, 0.25) is 5.02 Å². The molecule has 1 aliphatic rings. The number of benzene rings is 1. The highest BCUT2D eigenvalue weighted by molar-refractivity contribution is 6.30. The molecule has 2 aromatic heterocycles. The number of piperidine rings is 1. The van der Waals surface area contributed by atoms with Gasteiger partial charge in [-0.2, -0.15) is 0 Å². The summed E-state index contributed by atoms with van der Waals surface area (Å²) in [4.78, 5) is 19.9. The molecule has 1 aliphatic heterocycles. The Morgan fingerprint density at radius 2 is 1.87 bits per heavy atom. The molecule has 6 heteroatoms. The van der Waals surface area contributed by atoms with E-state index in [9.17, 15) is 9.90 Å². The van der Waals surface area contributed by atoms with Crippen LogP contribution >= 0.6 is 11.6 Å². The van der Waals surface area contributed by atoms with E-state index < -0.39 is 5.60 Å². The number of pyridine rings is 1. The molecule has 5 nitrogen and oxygen atoms in total. The number of rotatable bonds is 6. The summed E-state index contributed by atoms with van der Waals surface area (Å²) in [5, 5.41) is 10.7. The van der Waals surface area contributed by atoms with Crippen LogP contribution in [0, 0.1) is 0 Å². The predicted octanol–water partition coefficient (Wildman–Crippen LogP) is 4.72. The number of carbonyl (C=O) groups excluding carboxylic acids is 1. The van der Waals surface area contributed by atoms with Gasteiger partial charge in [-0.25, -0.2) is 4.98 Å². The van der Waals surface area contributed by atoms with Gasteiger partial charge in [-0.05, 0) is 62.4 Å². The number of ketones is 1. The molecule has 0 unspecified atom stereocenters. The number of aliphatic hydroxyl groups is 1. The van der Waals surface area contributed by atoms with Gasteiger partial charge in [0.25, 0.3) is 0 Å². The monoisotopic (exact) mass is 425 g/mol. The topological polar surface area (TPSA) is 57.8 Å². The molecule has 0 aliphatic carbocycles. The molecular formula is C24H28ClN3O2. The third kappa shape index (κ3) is 4.37. The summed E-state index contributed by atoms with van der Waals surface area (Å²) in [6.07, 6.45) is 5.15. The number of Topliss-reactive ketones (excluding diaryl/α,β-unsaturated/α-hetero) is 1. The highest BCUT2D eigenvalue weighted by Crippen LogP contribution is 2.26. The number of anilines is 1. The van der Waals surface area contributed by atoms with Crippen molar-refractivity contribution in [2.75, 3.05) is 18.0 Å². The van der Waals surface area contributed by atoms with E-state index in [4.69, 9.17) is 11.6 Å². The minimum atomic E-state index is -0.545. The molecule has 4 rings (SSSR count). The number of nitrogens with zero attached hydrogens (tertiary/aromatic N) is 3. The van der Waals surface area contributed by atoms with E-state index in [1.54, 1.807) is 12.3 Å². The fraction of sp³-hybridized carbons (Fsp3) is 0.417. The maximum Gasteiger partial charge on any atom is 0.181 e. The Kier molecular flexibility index (Phi) is 5.85. The number of carbonyl (C=O) groups is 1. The molecule has 1 N–H and O–H groups in total. The van der Waals surface area contributed by atoms with Gasteiger partial charge in [-0.3, -0.25) is 9.20 Å². The Labute approximate surface area is 182 Å². The average Bonchev–Trinajstić information content (AvgIpc) is 3.10. The standard InChI is InChI=1S/C24H28ClN3O2/c1-3-20-23(28-16-18(25)7-11-22(28)26-20)21(29)10-6-17-4-8-19(9-5-17)27-14-12-24(2,30)13-15-27/h4-5,7-9,11,16,30H,3,6,10,12-15H2,1-2H3. The summed E-state index contributed by atoms with van der Waals surface area (Å²) in [7, 11) is 0. The number of halogens is 1. The lowest BCUT2D eigenvalue weighted by Crippen LogP contribution is -2.42. The summed E-state index contributed by atoms with van der Waals surface area (Å²) in [5.41, 5.74) is 3.98. The Hall–Kier alpha value is -2.37. The van der Waals surface area contributed by atoms with Crippen molar-refractivity contribution < 1.29 is 9.90 Å². The SMILES string of the molecule is CCc1nc2ccc(Cl)cn2c1C(=O)CCc1ccc(N2CCC(C)(O)CC2)cc1. The number of aromatic nitrogens is 2. The lowest BCUT2D eigenvalue weighted by molar-refractivity contribution is 0.0351. The largest absolute Gasteiger partial charge is 0.390 e. The Balaban J connectivity index is 1.43. The van der Waals surface area contributed by atoms with E-state index >= 15 is 0 Å². The highest BCUT2D eigenvalue weighted by Gasteiger charge is 2.27. The summed E-state index contributed by atoms with van der Waals surface area (Å²) < 4.78 is 1.82. The minimum absolute atomic E-state index is 0.0870. The van der Waals surface area contributed by atoms with Crippen LogP contribution < -0.4 is 4.90 Å². The van der Waals surface area contributed by atoms with Gasteiger partial charge in [-0.1, -0.05) is 30.7 Å². The van der Waals surface area contributed by atoms with Crippen molar-refractivity contribution in [2.24, 2.45) is 0 Å². The van der Waals surface area contributed by atoms with Crippen LogP contribution in [0.3, 0.4) is 0 Å². The van der Waals surface area contributed by atoms with E-state index in [1.807, 2.05) is 24.3 Å². The Morgan fingerprint density at radius 1 is 1.17 bits per heavy atom. The second kappa shape index (κ2) is 8.40. The molecule has 158 valence electrons. The van der Waals surface area contributed by atoms with Crippen molar-refractivity contribution in [1.29, 1.82) is 0 Å². The van der Waals surface area contributed by atoms with Crippen LogP contribution in [0.25, 0.3) is 5.65 Å². The lowest BCUT2D eigenvalue weighted by atomic mass is 9.93. The van der Waals surface area contributed by atoms with Crippen LogP contribution in [0.15, 0.2) is 42.6 Å². The number of fused-ring (bicyclic) bond motifs is 1. The molecular weight excluding hydrogens is 398 g/mol. The quantitative estimate of drug-likeness (QED) is 0.580. The molecule has 0 radical (unpaired) electrons. The van der Waals surface area contributed by atoms with Gasteiger partial charge in [0.05, 0.1) is 16.3 Å². The van der Waals surface area contributed by atoms with Crippen LogP contribution in [0.1, 0.15) is 54.9 Å². The molecule has 0 amide bonds. The van der Waals surface area contributed by atoms with Crippen LogP contribution in [0.4, 0.5) is 5.69 Å². The minimum Gasteiger partial charge on any atom is -0.390 e. The van der Waals surface area contributed by atoms with E-state index in [2.05, 4.69) is 34.1 Å². The molecule has 0 spiro atoms. The molecule has 3 heterocycles. The summed E-state index contributed by atoms with van der Waals surface area (Å²) in [6, 6.07) is 12.1. The second-order valence-corrected chi connectivity index (χ2v) is 8.85.